The zero-order chi connectivity index (χ0) is 30.1. The van der Waals surface area contributed by atoms with E-state index in [2.05, 4.69) is 37.5 Å². The van der Waals surface area contributed by atoms with Gasteiger partial charge in [-0.25, -0.2) is 0 Å². The standard InChI is InChI=1S/C29H41NO10Si/c1-15-25(38-3)19-14-16(30-28(35)27-23(33)22(32)24(34)29(36)40-27)6-11-20(19)39-26(15)21(12-13-31)41(4,5)18-9-7-17(37-2)8-10-18/h6-11,14-15,21-27,29,31-34,36H,12-13H2,1-5H3,(H,30,35)/t15-,21?,22+,23+,24-,25-,26-,27+,29-/m1/s1. The van der Waals surface area contributed by atoms with E-state index in [1.54, 1.807) is 32.4 Å². The van der Waals surface area contributed by atoms with Crippen LogP contribution in [0.15, 0.2) is 42.5 Å². The van der Waals surface area contributed by atoms with Crippen LogP contribution in [0.4, 0.5) is 5.69 Å². The minimum atomic E-state index is -2.18. The predicted molar refractivity (Wildman–Crippen MR) is 153 cm³/mol. The summed E-state index contributed by atoms with van der Waals surface area (Å²) in [5.41, 5.74) is 1.15. The van der Waals surface area contributed by atoms with Crippen LogP contribution in [0.2, 0.25) is 18.6 Å². The van der Waals surface area contributed by atoms with Gasteiger partial charge in [0.2, 0.25) is 0 Å². The lowest BCUT2D eigenvalue weighted by Gasteiger charge is -2.45. The molecule has 4 rings (SSSR count). The molecule has 0 aliphatic carbocycles. The van der Waals surface area contributed by atoms with Gasteiger partial charge in [0.05, 0.1) is 21.3 Å². The van der Waals surface area contributed by atoms with E-state index >= 15 is 0 Å². The topological polar surface area (TPSA) is 167 Å². The summed E-state index contributed by atoms with van der Waals surface area (Å²) in [5, 5.41) is 53.6. The summed E-state index contributed by atoms with van der Waals surface area (Å²) in [5.74, 6) is 0.485. The quantitative estimate of drug-likeness (QED) is 0.231. The summed E-state index contributed by atoms with van der Waals surface area (Å²) in [6.07, 6.45) is -8.70. The summed E-state index contributed by atoms with van der Waals surface area (Å²) in [6, 6.07) is 13.2. The maximum atomic E-state index is 12.9. The van der Waals surface area contributed by atoms with Crippen molar-refractivity contribution in [1.82, 2.24) is 0 Å². The Bertz CT molecular complexity index is 1190. The molecular weight excluding hydrogens is 550 g/mol. The average molecular weight is 592 g/mol. The Morgan fingerprint density at radius 3 is 2.32 bits per heavy atom. The van der Waals surface area contributed by atoms with Gasteiger partial charge in [-0.2, -0.15) is 0 Å². The fourth-order valence-electron chi connectivity index (χ4n) is 6.06. The third-order valence-corrected chi connectivity index (χ3v) is 12.8. The van der Waals surface area contributed by atoms with E-state index in [4.69, 9.17) is 18.9 Å². The summed E-state index contributed by atoms with van der Waals surface area (Å²) < 4.78 is 23.0. The first-order valence-corrected chi connectivity index (χ1v) is 16.8. The number of amides is 1. The average Bonchev–Trinajstić information content (AvgIpc) is 2.96. The number of methoxy groups -OCH3 is 2. The number of rotatable bonds is 9. The van der Waals surface area contributed by atoms with Crippen LogP contribution in [0.3, 0.4) is 0 Å². The van der Waals surface area contributed by atoms with Crippen molar-refractivity contribution in [2.24, 2.45) is 5.92 Å². The summed E-state index contributed by atoms with van der Waals surface area (Å²) in [7, 11) is 1.07. The molecule has 2 aliphatic heterocycles. The number of carbonyl (C=O) groups is 1. The number of ether oxygens (including phenoxy) is 4. The van der Waals surface area contributed by atoms with Crippen molar-refractivity contribution in [3.63, 3.8) is 0 Å². The molecule has 0 spiro atoms. The molecule has 0 aromatic heterocycles. The molecule has 0 saturated carbocycles. The van der Waals surface area contributed by atoms with Crippen LogP contribution in [-0.4, -0.2) is 97.2 Å². The van der Waals surface area contributed by atoms with Gasteiger partial charge in [-0.15, -0.1) is 0 Å². The van der Waals surface area contributed by atoms with Gasteiger partial charge in [0.25, 0.3) is 5.91 Å². The number of hydrogen-bond acceptors (Lipinski definition) is 10. The second-order valence-corrected chi connectivity index (χ2v) is 16.1. The van der Waals surface area contributed by atoms with E-state index in [0.717, 1.165) is 11.3 Å². The molecule has 6 N–H and O–H groups in total. The van der Waals surface area contributed by atoms with Crippen molar-refractivity contribution in [2.45, 2.75) is 74.9 Å². The minimum absolute atomic E-state index is 0.0226. The van der Waals surface area contributed by atoms with E-state index < -0.39 is 44.7 Å². The highest BCUT2D eigenvalue weighted by Crippen LogP contribution is 2.47. The summed E-state index contributed by atoms with van der Waals surface area (Å²) >= 11 is 0. The Balaban J connectivity index is 1.59. The largest absolute Gasteiger partial charge is 0.497 e. The molecule has 11 nitrogen and oxygen atoms in total. The lowest BCUT2D eigenvalue weighted by Crippen LogP contribution is -2.60. The number of hydrogen-bond donors (Lipinski definition) is 6. The summed E-state index contributed by atoms with van der Waals surface area (Å²) in [6.45, 7) is 6.62. The molecule has 9 atom stereocenters. The van der Waals surface area contributed by atoms with Crippen LogP contribution in [0.5, 0.6) is 11.5 Å². The zero-order valence-electron chi connectivity index (χ0n) is 23.9. The number of anilines is 1. The lowest BCUT2D eigenvalue weighted by atomic mass is 9.86. The Hall–Kier alpha value is -2.55. The SMILES string of the molecule is COc1ccc([Si](C)(C)C(CCO)[C@@H]2Oc3ccc(NC(=O)[C@H]4O[C@@H](O)[C@H](O)[C@@H](O)[C@@H]4O)cc3[C@H](OC)[C@H]2C)cc1. The molecule has 1 fully saturated rings. The van der Waals surface area contributed by atoms with Crippen molar-refractivity contribution in [1.29, 1.82) is 0 Å². The monoisotopic (exact) mass is 591 g/mol. The van der Waals surface area contributed by atoms with Gasteiger partial charge in [-0.1, -0.05) is 37.3 Å². The molecule has 1 saturated heterocycles. The van der Waals surface area contributed by atoms with Crippen LogP contribution in [0.25, 0.3) is 0 Å². The predicted octanol–water partition coefficient (Wildman–Crippen LogP) is 0.886. The first kappa shape index (κ1) is 31.4. The van der Waals surface area contributed by atoms with E-state index in [-0.39, 0.29) is 30.3 Å². The van der Waals surface area contributed by atoms with Crippen LogP contribution >= 0.6 is 0 Å². The highest BCUT2D eigenvalue weighted by Gasteiger charge is 2.48. The highest BCUT2D eigenvalue weighted by molar-refractivity contribution is 6.91. The number of aliphatic hydroxyl groups excluding tert-OH is 5. The Morgan fingerprint density at radius 1 is 1.02 bits per heavy atom. The van der Waals surface area contributed by atoms with Gasteiger partial charge in [0.1, 0.15) is 35.9 Å². The van der Waals surface area contributed by atoms with Crippen LogP contribution < -0.4 is 20.0 Å². The first-order valence-electron chi connectivity index (χ1n) is 13.7. The van der Waals surface area contributed by atoms with Crippen molar-refractivity contribution >= 4 is 24.9 Å². The van der Waals surface area contributed by atoms with Crippen molar-refractivity contribution in [3.8, 4) is 11.5 Å². The van der Waals surface area contributed by atoms with Crippen LogP contribution in [0.1, 0.15) is 25.0 Å². The third-order valence-electron chi connectivity index (χ3n) is 8.54. The van der Waals surface area contributed by atoms with Gasteiger partial charge < -0.3 is 49.8 Å². The van der Waals surface area contributed by atoms with E-state index in [1.165, 1.54) is 5.19 Å². The molecule has 0 radical (unpaired) electrons. The molecule has 2 heterocycles. The van der Waals surface area contributed by atoms with Gasteiger partial charge >= 0.3 is 0 Å². The second-order valence-electron chi connectivity index (χ2n) is 11.3. The van der Waals surface area contributed by atoms with E-state index in [1.807, 2.05) is 12.1 Å². The maximum Gasteiger partial charge on any atom is 0.256 e. The number of carbonyl (C=O) groups excluding carboxylic acids is 1. The Kier molecular flexibility index (Phi) is 9.76. The molecule has 2 aliphatic rings. The number of fused-ring (bicyclic) bond motifs is 1. The second kappa shape index (κ2) is 12.8. The molecular formula is C29H41NO10Si. The van der Waals surface area contributed by atoms with Gasteiger partial charge in [0, 0.05) is 30.9 Å². The van der Waals surface area contributed by atoms with E-state index in [0.29, 0.717) is 17.9 Å². The van der Waals surface area contributed by atoms with Gasteiger partial charge in [-0.3, -0.25) is 4.79 Å². The first-order chi connectivity index (χ1) is 19.4. The molecule has 41 heavy (non-hydrogen) atoms. The molecule has 0 bridgehead atoms. The summed E-state index contributed by atoms with van der Waals surface area (Å²) in [4.78, 5) is 12.9. The fraction of sp³-hybridized carbons (Fsp3) is 0.552. The molecule has 2 aromatic carbocycles. The zero-order valence-corrected chi connectivity index (χ0v) is 24.9. The van der Waals surface area contributed by atoms with Gasteiger partial charge in [-0.05, 0) is 42.3 Å². The van der Waals surface area contributed by atoms with Crippen molar-refractivity contribution in [3.05, 3.63) is 48.0 Å². The number of benzene rings is 2. The normalized spacial score (nSPS) is 30.6. The molecule has 12 heteroatoms. The Labute approximate surface area is 240 Å². The van der Waals surface area contributed by atoms with Crippen LogP contribution in [-0.2, 0) is 14.3 Å². The molecule has 2 aromatic rings. The van der Waals surface area contributed by atoms with E-state index in [9.17, 15) is 30.3 Å². The van der Waals surface area contributed by atoms with Gasteiger partial charge in [0.15, 0.2) is 12.4 Å². The Morgan fingerprint density at radius 2 is 1.71 bits per heavy atom. The maximum absolute atomic E-state index is 12.9. The molecule has 1 amide bonds. The minimum Gasteiger partial charge on any atom is -0.497 e. The third kappa shape index (κ3) is 6.15. The van der Waals surface area contributed by atoms with Crippen molar-refractivity contribution in [2.75, 3.05) is 26.1 Å². The fourth-order valence-corrected chi connectivity index (χ4v) is 9.55. The molecule has 226 valence electrons. The van der Waals surface area contributed by atoms with Crippen LogP contribution in [0, 0.1) is 5.92 Å². The van der Waals surface area contributed by atoms with Crippen molar-refractivity contribution < 1.29 is 49.3 Å². The smallest absolute Gasteiger partial charge is 0.256 e. The number of nitrogens with one attached hydrogen (secondary N) is 1. The lowest BCUT2D eigenvalue weighted by molar-refractivity contribution is -0.274. The molecule has 1 unspecified atom stereocenters. The number of aliphatic hydroxyl groups is 5. The highest BCUT2D eigenvalue weighted by atomic mass is 28.3.